The van der Waals surface area contributed by atoms with Crippen molar-refractivity contribution in [3.8, 4) is 0 Å². The maximum Gasteiger partial charge on any atom is 0.0252 e. The first-order valence-electron chi connectivity index (χ1n) is 4.37. The van der Waals surface area contributed by atoms with Crippen molar-refractivity contribution in [1.82, 2.24) is 10.2 Å². The molecule has 0 aromatic heterocycles. The molecule has 0 aromatic rings. The Morgan fingerprint density at radius 3 is 2.92 bits per heavy atom. The van der Waals surface area contributed by atoms with Gasteiger partial charge in [-0.1, -0.05) is 17.7 Å². The SMILES string of the molecule is CC1(C)CN(C/C=C/Cl)CCN1. The highest BCUT2D eigenvalue weighted by Crippen LogP contribution is 2.09. The second-order valence-electron chi connectivity index (χ2n) is 3.91. The van der Waals surface area contributed by atoms with Crippen LogP contribution in [0.3, 0.4) is 0 Å². The van der Waals surface area contributed by atoms with Gasteiger partial charge in [0.2, 0.25) is 0 Å². The van der Waals surface area contributed by atoms with E-state index in [-0.39, 0.29) is 5.54 Å². The summed E-state index contributed by atoms with van der Waals surface area (Å²) in [6.45, 7) is 8.70. The van der Waals surface area contributed by atoms with Crippen molar-refractivity contribution in [3.05, 3.63) is 11.6 Å². The second-order valence-corrected chi connectivity index (χ2v) is 4.16. The number of nitrogens with one attached hydrogen (secondary N) is 1. The van der Waals surface area contributed by atoms with Crippen LogP contribution >= 0.6 is 11.6 Å². The Hall–Kier alpha value is -0.0500. The number of nitrogens with zero attached hydrogens (tertiary/aromatic N) is 1. The Morgan fingerprint density at radius 2 is 2.33 bits per heavy atom. The van der Waals surface area contributed by atoms with Gasteiger partial charge >= 0.3 is 0 Å². The zero-order valence-corrected chi connectivity index (χ0v) is 8.56. The molecule has 1 aliphatic rings. The molecule has 1 saturated heterocycles. The molecule has 0 saturated carbocycles. The van der Waals surface area contributed by atoms with Gasteiger partial charge in [-0.3, -0.25) is 4.90 Å². The maximum absolute atomic E-state index is 5.47. The van der Waals surface area contributed by atoms with Crippen molar-refractivity contribution in [3.63, 3.8) is 0 Å². The highest BCUT2D eigenvalue weighted by Gasteiger charge is 2.24. The van der Waals surface area contributed by atoms with E-state index in [1.807, 2.05) is 6.08 Å². The van der Waals surface area contributed by atoms with Crippen LogP contribution in [-0.2, 0) is 0 Å². The summed E-state index contributed by atoms with van der Waals surface area (Å²) in [7, 11) is 0. The first-order valence-corrected chi connectivity index (χ1v) is 4.80. The van der Waals surface area contributed by atoms with E-state index in [2.05, 4.69) is 24.1 Å². The lowest BCUT2D eigenvalue weighted by molar-refractivity contribution is 0.169. The molecule has 0 amide bonds. The van der Waals surface area contributed by atoms with Crippen molar-refractivity contribution in [2.24, 2.45) is 0 Å². The molecule has 0 aromatic carbocycles. The topological polar surface area (TPSA) is 15.3 Å². The minimum Gasteiger partial charge on any atom is -0.309 e. The Balaban J connectivity index is 2.36. The van der Waals surface area contributed by atoms with E-state index in [0.717, 1.165) is 26.2 Å². The van der Waals surface area contributed by atoms with Gasteiger partial charge in [0.05, 0.1) is 0 Å². The third kappa shape index (κ3) is 3.13. The van der Waals surface area contributed by atoms with Crippen molar-refractivity contribution in [2.45, 2.75) is 19.4 Å². The van der Waals surface area contributed by atoms with Crippen molar-refractivity contribution in [2.75, 3.05) is 26.2 Å². The van der Waals surface area contributed by atoms with Gasteiger partial charge in [0, 0.05) is 37.3 Å². The smallest absolute Gasteiger partial charge is 0.0252 e. The molecular weight excluding hydrogens is 172 g/mol. The quantitative estimate of drug-likeness (QED) is 0.706. The first-order chi connectivity index (χ1) is 5.64. The summed E-state index contributed by atoms with van der Waals surface area (Å²) < 4.78 is 0. The zero-order chi connectivity index (χ0) is 9.03. The maximum atomic E-state index is 5.47. The fourth-order valence-electron chi connectivity index (χ4n) is 1.59. The van der Waals surface area contributed by atoms with E-state index in [0.29, 0.717) is 0 Å². The van der Waals surface area contributed by atoms with Crippen LogP contribution in [0.5, 0.6) is 0 Å². The molecule has 1 heterocycles. The van der Waals surface area contributed by atoms with Crippen LogP contribution in [0, 0.1) is 0 Å². The summed E-state index contributed by atoms with van der Waals surface area (Å²) in [4.78, 5) is 2.40. The number of hydrogen-bond acceptors (Lipinski definition) is 2. The standard InChI is InChI=1S/C9H17ClN2/c1-9(2)8-12(6-3-4-10)7-5-11-9/h3-4,11H,5-8H2,1-2H3/b4-3+. The van der Waals surface area contributed by atoms with E-state index < -0.39 is 0 Å². The summed E-state index contributed by atoms with van der Waals surface area (Å²) in [6.07, 6.45) is 1.99. The van der Waals surface area contributed by atoms with E-state index >= 15 is 0 Å². The Bertz CT molecular complexity index is 166. The van der Waals surface area contributed by atoms with E-state index in [9.17, 15) is 0 Å². The van der Waals surface area contributed by atoms with Crippen LogP contribution in [0.1, 0.15) is 13.8 Å². The van der Waals surface area contributed by atoms with Gasteiger partial charge in [0.1, 0.15) is 0 Å². The van der Waals surface area contributed by atoms with Gasteiger partial charge in [-0.15, -0.1) is 0 Å². The minimum absolute atomic E-state index is 0.248. The molecule has 0 atom stereocenters. The van der Waals surface area contributed by atoms with Crippen molar-refractivity contribution >= 4 is 11.6 Å². The third-order valence-corrected chi connectivity index (χ3v) is 2.28. The van der Waals surface area contributed by atoms with Crippen LogP contribution in [0.4, 0.5) is 0 Å². The molecule has 0 unspecified atom stereocenters. The molecule has 12 heavy (non-hydrogen) atoms. The summed E-state index contributed by atoms with van der Waals surface area (Å²) >= 11 is 5.47. The van der Waals surface area contributed by atoms with Crippen LogP contribution in [0.25, 0.3) is 0 Å². The van der Waals surface area contributed by atoms with Crippen molar-refractivity contribution < 1.29 is 0 Å². The number of rotatable bonds is 2. The summed E-state index contributed by atoms with van der Waals surface area (Å²) in [5.41, 5.74) is 1.84. The molecule has 3 heteroatoms. The lowest BCUT2D eigenvalue weighted by Crippen LogP contribution is -2.56. The zero-order valence-electron chi connectivity index (χ0n) is 7.81. The van der Waals surface area contributed by atoms with Gasteiger partial charge in [-0.2, -0.15) is 0 Å². The average Bonchev–Trinajstić information content (AvgIpc) is 1.99. The first kappa shape index (κ1) is 10.0. The van der Waals surface area contributed by atoms with E-state index in [1.165, 1.54) is 0 Å². The molecule has 1 N–H and O–H groups in total. The number of piperazine rings is 1. The Labute approximate surface area is 79.6 Å². The average molecular weight is 189 g/mol. The van der Waals surface area contributed by atoms with Gasteiger partial charge in [-0.25, -0.2) is 0 Å². The predicted octanol–water partition coefficient (Wildman–Crippen LogP) is 1.42. The third-order valence-electron chi connectivity index (χ3n) is 2.10. The lowest BCUT2D eigenvalue weighted by Gasteiger charge is -2.38. The van der Waals surface area contributed by atoms with Crippen molar-refractivity contribution in [1.29, 1.82) is 0 Å². The minimum atomic E-state index is 0.248. The molecular formula is C9H17ClN2. The normalized spacial score (nSPS) is 24.9. The van der Waals surface area contributed by atoms with Crippen LogP contribution in [0.15, 0.2) is 11.6 Å². The molecule has 2 nitrogen and oxygen atoms in total. The molecule has 70 valence electrons. The molecule has 1 rings (SSSR count). The predicted molar refractivity (Wildman–Crippen MR) is 53.5 cm³/mol. The molecule has 0 spiro atoms. The van der Waals surface area contributed by atoms with Crippen LogP contribution in [0.2, 0.25) is 0 Å². The van der Waals surface area contributed by atoms with Gasteiger partial charge in [-0.05, 0) is 13.8 Å². The Kier molecular flexibility index (Phi) is 3.56. The van der Waals surface area contributed by atoms with Gasteiger partial charge in [0.15, 0.2) is 0 Å². The van der Waals surface area contributed by atoms with Crippen LogP contribution in [-0.4, -0.2) is 36.6 Å². The molecule has 0 radical (unpaired) electrons. The molecule has 0 aliphatic carbocycles. The summed E-state index contributed by atoms with van der Waals surface area (Å²) in [5, 5.41) is 3.47. The second kappa shape index (κ2) is 4.26. The number of hydrogen-bond donors (Lipinski definition) is 1. The van der Waals surface area contributed by atoms with Gasteiger partial charge in [0.25, 0.3) is 0 Å². The summed E-state index contributed by atoms with van der Waals surface area (Å²) in [5.74, 6) is 0. The monoisotopic (exact) mass is 188 g/mol. The highest BCUT2D eigenvalue weighted by molar-refractivity contribution is 6.25. The fraction of sp³-hybridized carbons (Fsp3) is 0.778. The fourth-order valence-corrected chi connectivity index (χ4v) is 1.67. The van der Waals surface area contributed by atoms with Gasteiger partial charge < -0.3 is 5.32 Å². The highest BCUT2D eigenvalue weighted by atomic mass is 35.5. The van der Waals surface area contributed by atoms with E-state index in [4.69, 9.17) is 11.6 Å². The Morgan fingerprint density at radius 1 is 1.58 bits per heavy atom. The number of halogens is 1. The summed E-state index contributed by atoms with van der Waals surface area (Å²) in [6, 6.07) is 0. The largest absolute Gasteiger partial charge is 0.309 e. The lowest BCUT2D eigenvalue weighted by atomic mass is 10.0. The molecule has 0 bridgehead atoms. The van der Waals surface area contributed by atoms with Crippen LogP contribution < -0.4 is 5.32 Å². The molecule has 1 fully saturated rings. The molecule has 1 aliphatic heterocycles. The van der Waals surface area contributed by atoms with E-state index in [1.54, 1.807) is 5.54 Å².